The van der Waals surface area contributed by atoms with Crippen LogP contribution < -0.4 is 0 Å². The highest BCUT2D eigenvalue weighted by Crippen LogP contribution is 2.20. The predicted molar refractivity (Wildman–Crippen MR) is 80.3 cm³/mol. The van der Waals surface area contributed by atoms with Gasteiger partial charge >= 0.3 is 0 Å². The second kappa shape index (κ2) is 4.38. The van der Waals surface area contributed by atoms with Crippen LogP contribution in [0, 0.1) is 0 Å². The van der Waals surface area contributed by atoms with E-state index in [2.05, 4.69) is 21.0 Å². The van der Waals surface area contributed by atoms with Crippen LogP contribution in [0.5, 0.6) is 0 Å². The minimum atomic E-state index is 0.709. The SMILES string of the molecule is c1ccc(-c2ncc3cc4ccccc4nc3n2)cc1. The van der Waals surface area contributed by atoms with Crippen LogP contribution in [0.1, 0.15) is 0 Å². The Morgan fingerprint density at radius 1 is 0.700 bits per heavy atom. The molecule has 0 bridgehead atoms. The van der Waals surface area contributed by atoms with Crippen molar-refractivity contribution in [2.75, 3.05) is 0 Å². The summed E-state index contributed by atoms with van der Waals surface area (Å²) in [5.74, 6) is 0.709. The van der Waals surface area contributed by atoms with E-state index >= 15 is 0 Å². The number of fused-ring (bicyclic) bond motifs is 2. The number of aromatic nitrogens is 3. The quantitative estimate of drug-likeness (QED) is 0.486. The Balaban J connectivity index is 1.97. The third kappa shape index (κ3) is 1.80. The van der Waals surface area contributed by atoms with Crippen molar-refractivity contribution < 1.29 is 0 Å². The molecule has 0 fully saturated rings. The van der Waals surface area contributed by atoms with E-state index in [0.29, 0.717) is 5.82 Å². The van der Waals surface area contributed by atoms with Gasteiger partial charge in [-0.15, -0.1) is 0 Å². The van der Waals surface area contributed by atoms with Gasteiger partial charge in [-0.2, -0.15) is 0 Å². The molecule has 3 heteroatoms. The zero-order valence-electron chi connectivity index (χ0n) is 10.7. The Kier molecular flexibility index (Phi) is 2.42. The fourth-order valence-corrected chi connectivity index (χ4v) is 2.29. The molecule has 4 aromatic rings. The number of benzene rings is 2. The molecule has 0 saturated carbocycles. The average molecular weight is 257 g/mol. The van der Waals surface area contributed by atoms with E-state index in [9.17, 15) is 0 Å². The standard InChI is InChI=1S/C17H11N3/c1-2-6-12(7-3-1)16-18-11-14-10-13-8-4-5-9-15(13)19-17(14)20-16/h1-11H. The van der Waals surface area contributed by atoms with E-state index in [-0.39, 0.29) is 0 Å². The minimum absolute atomic E-state index is 0.709. The molecule has 2 aromatic heterocycles. The van der Waals surface area contributed by atoms with Crippen molar-refractivity contribution in [3.05, 3.63) is 66.9 Å². The van der Waals surface area contributed by atoms with Crippen molar-refractivity contribution in [3.8, 4) is 11.4 Å². The van der Waals surface area contributed by atoms with Gasteiger partial charge in [-0.25, -0.2) is 15.0 Å². The summed E-state index contributed by atoms with van der Waals surface area (Å²) in [6, 6.07) is 20.1. The van der Waals surface area contributed by atoms with E-state index in [1.807, 2.05) is 60.8 Å². The summed E-state index contributed by atoms with van der Waals surface area (Å²) in [5, 5.41) is 2.07. The van der Waals surface area contributed by atoms with Gasteiger partial charge < -0.3 is 0 Å². The zero-order chi connectivity index (χ0) is 13.4. The molecule has 0 atom stereocenters. The van der Waals surface area contributed by atoms with Gasteiger partial charge in [0.25, 0.3) is 0 Å². The van der Waals surface area contributed by atoms with E-state index in [0.717, 1.165) is 27.5 Å². The summed E-state index contributed by atoms with van der Waals surface area (Å²) >= 11 is 0. The van der Waals surface area contributed by atoms with Gasteiger partial charge in [-0.1, -0.05) is 48.5 Å². The van der Waals surface area contributed by atoms with Crippen molar-refractivity contribution in [2.24, 2.45) is 0 Å². The van der Waals surface area contributed by atoms with Crippen LogP contribution in [0.15, 0.2) is 66.9 Å². The molecule has 0 aliphatic rings. The largest absolute Gasteiger partial charge is 0.236 e. The molecular formula is C17H11N3. The Morgan fingerprint density at radius 3 is 2.40 bits per heavy atom. The number of rotatable bonds is 1. The maximum Gasteiger partial charge on any atom is 0.163 e. The smallest absolute Gasteiger partial charge is 0.163 e. The van der Waals surface area contributed by atoms with Gasteiger partial charge in [-0.05, 0) is 12.1 Å². The molecule has 0 unspecified atom stereocenters. The molecule has 94 valence electrons. The highest BCUT2D eigenvalue weighted by molar-refractivity contribution is 5.91. The van der Waals surface area contributed by atoms with E-state index < -0.39 is 0 Å². The molecular weight excluding hydrogens is 246 g/mol. The second-order valence-electron chi connectivity index (χ2n) is 4.65. The van der Waals surface area contributed by atoms with Crippen molar-refractivity contribution in [2.45, 2.75) is 0 Å². The zero-order valence-corrected chi connectivity index (χ0v) is 10.7. The number of para-hydroxylation sites is 1. The maximum atomic E-state index is 4.61. The summed E-state index contributed by atoms with van der Waals surface area (Å²) in [6.45, 7) is 0. The highest BCUT2D eigenvalue weighted by Gasteiger charge is 2.05. The molecule has 2 heterocycles. The lowest BCUT2D eigenvalue weighted by atomic mass is 10.2. The fourth-order valence-electron chi connectivity index (χ4n) is 2.29. The molecule has 4 rings (SSSR count). The van der Waals surface area contributed by atoms with Crippen molar-refractivity contribution in [1.82, 2.24) is 15.0 Å². The highest BCUT2D eigenvalue weighted by atomic mass is 14.9. The topological polar surface area (TPSA) is 38.7 Å². The molecule has 0 aliphatic heterocycles. The minimum Gasteiger partial charge on any atom is -0.236 e. The van der Waals surface area contributed by atoms with Crippen LogP contribution in [-0.4, -0.2) is 15.0 Å². The number of hydrogen-bond donors (Lipinski definition) is 0. The normalized spacial score (nSPS) is 11.0. The van der Waals surface area contributed by atoms with Crippen molar-refractivity contribution in [1.29, 1.82) is 0 Å². The first-order chi connectivity index (χ1) is 9.90. The van der Waals surface area contributed by atoms with Gasteiger partial charge in [0.05, 0.1) is 5.52 Å². The lowest BCUT2D eigenvalue weighted by molar-refractivity contribution is 1.20. The first kappa shape index (κ1) is 11.1. The molecule has 0 aliphatic carbocycles. The third-order valence-corrected chi connectivity index (χ3v) is 3.30. The van der Waals surface area contributed by atoms with Gasteiger partial charge in [0.1, 0.15) is 0 Å². The molecule has 0 spiro atoms. The predicted octanol–water partition coefficient (Wildman–Crippen LogP) is 3.85. The lowest BCUT2D eigenvalue weighted by Crippen LogP contribution is -1.92. The van der Waals surface area contributed by atoms with Crippen LogP contribution in [0.3, 0.4) is 0 Å². The average Bonchev–Trinajstić information content (AvgIpc) is 2.53. The van der Waals surface area contributed by atoms with Crippen LogP contribution in [0.25, 0.3) is 33.3 Å². The van der Waals surface area contributed by atoms with E-state index in [1.165, 1.54) is 0 Å². The molecule has 0 saturated heterocycles. The Hall–Kier alpha value is -2.81. The molecule has 2 aromatic carbocycles. The number of pyridine rings is 1. The summed E-state index contributed by atoms with van der Waals surface area (Å²) in [5.41, 5.74) is 2.69. The van der Waals surface area contributed by atoms with Gasteiger partial charge in [-0.3, -0.25) is 0 Å². The molecule has 3 nitrogen and oxygen atoms in total. The Bertz CT molecular complexity index is 901. The van der Waals surface area contributed by atoms with Crippen molar-refractivity contribution >= 4 is 21.9 Å². The molecule has 0 radical (unpaired) electrons. The Morgan fingerprint density at radius 2 is 1.50 bits per heavy atom. The summed E-state index contributed by atoms with van der Waals surface area (Å²) in [4.78, 5) is 13.6. The van der Waals surface area contributed by atoms with Crippen LogP contribution in [-0.2, 0) is 0 Å². The van der Waals surface area contributed by atoms with E-state index in [1.54, 1.807) is 0 Å². The number of hydrogen-bond acceptors (Lipinski definition) is 3. The monoisotopic (exact) mass is 257 g/mol. The Labute approximate surface area is 116 Å². The maximum absolute atomic E-state index is 4.61. The first-order valence-corrected chi connectivity index (χ1v) is 6.48. The van der Waals surface area contributed by atoms with Gasteiger partial charge in [0.15, 0.2) is 11.5 Å². The summed E-state index contributed by atoms with van der Waals surface area (Å²) < 4.78 is 0. The molecule has 20 heavy (non-hydrogen) atoms. The lowest BCUT2D eigenvalue weighted by Gasteiger charge is -2.03. The first-order valence-electron chi connectivity index (χ1n) is 6.48. The summed E-state index contributed by atoms with van der Waals surface area (Å²) in [7, 11) is 0. The molecule has 0 amide bonds. The second-order valence-corrected chi connectivity index (χ2v) is 4.65. The van der Waals surface area contributed by atoms with Crippen molar-refractivity contribution in [3.63, 3.8) is 0 Å². The fraction of sp³-hybridized carbons (Fsp3) is 0. The van der Waals surface area contributed by atoms with Gasteiger partial charge in [0, 0.05) is 22.5 Å². The number of nitrogens with zero attached hydrogens (tertiary/aromatic N) is 3. The third-order valence-electron chi connectivity index (χ3n) is 3.30. The van der Waals surface area contributed by atoms with Crippen LogP contribution >= 0.6 is 0 Å². The van der Waals surface area contributed by atoms with Crippen LogP contribution in [0.2, 0.25) is 0 Å². The van der Waals surface area contributed by atoms with Gasteiger partial charge in [0.2, 0.25) is 0 Å². The van der Waals surface area contributed by atoms with Crippen LogP contribution in [0.4, 0.5) is 0 Å². The summed E-state index contributed by atoms with van der Waals surface area (Å²) in [6.07, 6.45) is 1.84. The van der Waals surface area contributed by atoms with E-state index in [4.69, 9.17) is 0 Å². The molecule has 0 N–H and O–H groups in total.